The third-order valence-electron chi connectivity index (χ3n) is 4.58. The van der Waals surface area contributed by atoms with Gasteiger partial charge in [0.15, 0.2) is 0 Å². The molecule has 1 aliphatic rings. The van der Waals surface area contributed by atoms with E-state index in [1.807, 2.05) is 12.4 Å². The van der Waals surface area contributed by atoms with E-state index in [1.54, 1.807) is 0 Å². The van der Waals surface area contributed by atoms with Gasteiger partial charge in [0, 0.05) is 51.0 Å². The summed E-state index contributed by atoms with van der Waals surface area (Å²) in [5, 5.41) is 3.72. The number of hydrogen-bond donors (Lipinski definition) is 1. The maximum atomic E-state index is 4.44. The average molecular weight is 278 g/mol. The maximum Gasteiger partial charge on any atom is 0.109 e. The van der Waals surface area contributed by atoms with Crippen molar-refractivity contribution in [3.63, 3.8) is 0 Å². The predicted molar refractivity (Wildman–Crippen MR) is 83.8 cm³/mol. The summed E-state index contributed by atoms with van der Waals surface area (Å²) in [5.41, 5.74) is 0.311. The van der Waals surface area contributed by atoms with E-state index < -0.39 is 0 Å². The number of nitrogens with zero attached hydrogens (tertiary/aromatic N) is 3. The molecule has 1 aromatic rings. The SMILES string of the molecule is CC1CCNC(C(C)(C)C)CN1CCc1nccn1C. The fourth-order valence-corrected chi connectivity index (χ4v) is 2.90. The van der Waals surface area contributed by atoms with Crippen LogP contribution in [0.4, 0.5) is 0 Å². The number of nitrogens with one attached hydrogen (secondary N) is 1. The van der Waals surface area contributed by atoms with Crippen molar-refractivity contribution in [2.24, 2.45) is 12.5 Å². The van der Waals surface area contributed by atoms with Gasteiger partial charge >= 0.3 is 0 Å². The molecule has 0 saturated carbocycles. The molecule has 2 heterocycles. The molecule has 1 saturated heterocycles. The Morgan fingerprint density at radius 2 is 2.15 bits per heavy atom. The van der Waals surface area contributed by atoms with Gasteiger partial charge in [0.25, 0.3) is 0 Å². The van der Waals surface area contributed by atoms with Crippen molar-refractivity contribution >= 4 is 0 Å². The first-order valence-electron chi connectivity index (χ1n) is 7.81. The largest absolute Gasteiger partial charge is 0.338 e. The summed E-state index contributed by atoms with van der Waals surface area (Å²) in [6, 6.07) is 1.21. The Labute approximate surface area is 123 Å². The van der Waals surface area contributed by atoms with Crippen LogP contribution in [0, 0.1) is 5.41 Å². The Balaban J connectivity index is 1.98. The van der Waals surface area contributed by atoms with Crippen molar-refractivity contribution < 1.29 is 0 Å². The van der Waals surface area contributed by atoms with Gasteiger partial charge in [0.05, 0.1) is 0 Å². The van der Waals surface area contributed by atoms with Crippen LogP contribution >= 0.6 is 0 Å². The zero-order valence-corrected chi connectivity index (χ0v) is 13.7. The molecule has 20 heavy (non-hydrogen) atoms. The molecule has 1 aliphatic heterocycles. The summed E-state index contributed by atoms with van der Waals surface area (Å²) in [6.45, 7) is 12.7. The summed E-state index contributed by atoms with van der Waals surface area (Å²) in [6.07, 6.45) is 6.18. The molecule has 0 bridgehead atoms. The molecule has 0 aromatic carbocycles. The molecule has 1 aromatic heterocycles. The summed E-state index contributed by atoms with van der Waals surface area (Å²) < 4.78 is 2.13. The molecule has 0 radical (unpaired) electrons. The minimum Gasteiger partial charge on any atom is -0.338 e. The molecule has 2 unspecified atom stereocenters. The molecule has 1 fully saturated rings. The van der Waals surface area contributed by atoms with Gasteiger partial charge in [-0.15, -0.1) is 0 Å². The summed E-state index contributed by atoms with van der Waals surface area (Å²) in [4.78, 5) is 7.07. The van der Waals surface area contributed by atoms with Gasteiger partial charge in [-0.2, -0.15) is 0 Å². The van der Waals surface area contributed by atoms with E-state index in [4.69, 9.17) is 0 Å². The van der Waals surface area contributed by atoms with Crippen LogP contribution in [0.15, 0.2) is 12.4 Å². The van der Waals surface area contributed by atoms with Crippen molar-refractivity contribution in [2.75, 3.05) is 19.6 Å². The normalized spacial score (nSPS) is 25.6. The molecule has 4 nitrogen and oxygen atoms in total. The summed E-state index contributed by atoms with van der Waals surface area (Å²) >= 11 is 0. The molecule has 2 atom stereocenters. The Morgan fingerprint density at radius 3 is 2.75 bits per heavy atom. The third kappa shape index (κ3) is 3.83. The van der Waals surface area contributed by atoms with Crippen molar-refractivity contribution in [1.82, 2.24) is 19.8 Å². The molecule has 4 heteroatoms. The van der Waals surface area contributed by atoms with E-state index >= 15 is 0 Å². The second-order valence-electron chi connectivity index (χ2n) is 7.21. The van der Waals surface area contributed by atoms with Gasteiger partial charge < -0.3 is 9.88 Å². The highest BCUT2D eigenvalue weighted by Crippen LogP contribution is 2.23. The highest BCUT2D eigenvalue weighted by atomic mass is 15.2. The second kappa shape index (κ2) is 6.27. The van der Waals surface area contributed by atoms with Gasteiger partial charge in [-0.3, -0.25) is 4.90 Å². The first-order valence-corrected chi connectivity index (χ1v) is 7.81. The van der Waals surface area contributed by atoms with Crippen LogP contribution in [0.2, 0.25) is 0 Å². The Kier molecular flexibility index (Phi) is 4.86. The quantitative estimate of drug-likeness (QED) is 0.919. The molecular formula is C16H30N4. The van der Waals surface area contributed by atoms with Gasteiger partial charge in [0.1, 0.15) is 5.82 Å². The topological polar surface area (TPSA) is 33.1 Å². The Hall–Kier alpha value is -0.870. The van der Waals surface area contributed by atoms with Gasteiger partial charge in [0.2, 0.25) is 0 Å². The standard InChI is InChI=1S/C16H30N4/c1-13-6-8-17-14(16(2,3)4)12-20(13)10-7-15-18-9-11-19(15)5/h9,11,13-14,17H,6-8,10,12H2,1-5H3. The second-order valence-corrected chi connectivity index (χ2v) is 7.21. The zero-order chi connectivity index (χ0) is 14.8. The van der Waals surface area contributed by atoms with Crippen molar-refractivity contribution in [1.29, 1.82) is 0 Å². The lowest BCUT2D eigenvalue weighted by Crippen LogP contribution is -2.47. The molecule has 1 N–H and O–H groups in total. The first-order chi connectivity index (χ1) is 9.38. The highest BCUT2D eigenvalue weighted by molar-refractivity contribution is 4.94. The number of aryl methyl sites for hydroxylation is 1. The Bertz CT molecular complexity index is 418. The maximum absolute atomic E-state index is 4.44. The van der Waals surface area contributed by atoms with Gasteiger partial charge in [-0.1, -0.05) is 20.8 Å². The van der Waals surface area contributed by atoms with E-state index in [0.717, 1.165) is 26.1 Å². The van der Waals surface area contributed by atoms with E-state index in [1.165, 1.54) is 12.2 Å². The first kappa shape index (κ1) is 15.5. The lowest BCUT2D eigenvalue weighted by Gasteiger charge is -2.35. The van der Waals surface area contributed by atoms with Crippen molar-refractivity contribution in [3.05, 3.63) is 18.2 Å². The minimum absolute atomic E-state index is 0.311. The minimum atomic E-state index is 0.311. The predicted octanol–water partition coefficient (Wildman–Crippen LogP) is 2.06. The van der Waals surface area contributed by atoms with Crippen LogP contribution in [-0.2, 0) is 13.5 Å². The van der Waals surface area contributed by atoms with E-state index in [0.29, 0.717) is 17.5 Å². The number of aromatic nitrogens is 2. The van der Waals surface area contributed by atoms with Crippen LogP contribution < -0.4 is 5.32 Å². The lowest BCUT2D eigenvalue weighted by atomic mass is 9.86. The van der Waals surface area contributed by atoms with Crippen LogP contribution in [0.3, 0.4) is 0 Å². The van der Waals surface area contributed by atoms with E-state index in [2.05, 4.69) is 54.5 Å². The summed E-state index contributed by atoms with van der Waals surface area (Å²) in [5.74, 6) is 1.18. The fourth-order valence-electron chi connectivity index (χ4n) is 2.90. The van der Waals surface area contributed by atoms with Crippen LogP contribution in [0.5, 0.6) is 0 Å². The number of imidazole rings is 1. The number of hydrogen-bond acceptors (Lipinski definition) is 3. The van der Waals surface area contributed by atoms with Gasteiger partial charge in [-0.05, 0) is 25.3 Å². The highest BCUT2D eigenvalue weighted by Gasteiger charge is 2.30. The van der Waals surface area contributed by atoms with Crippen LogP contribution in [0.1, 0.15) is 39.9 Å². The van der Waals surface area contributed by atoms with Crippen LogP contribution in [0.25, 0.3) is 0 Å². The van der Waals surface area contributed by atoms with Crippen molar-refractivity contribution in [2.45, 2.75) is 52.6 Å². The number of rotatable bonds is 3. The average Bonchev–Trinajstić information content (AvgIpc) is 2.65. The molecular weight excluding hydrogens is 248 g/mol. The zero-order valence-electron chi connectivity index (χ0n) is 13.7. The fraction of sp³-hybridized carbons (Fsp3) is 0.812. The van der Waals surface area contributed by atoms with Crippen molar-refractivity contribution in [3.8, 4) is 0 Å². The molecule has 0 amide bonds. The van der Waals surface area contributed by atoms with Crippen LogP contribution in [-0.4, -0.2) is 46.2 Å². The van der Waals surface area contributed by atoms with Gasteiger partial charge in [-0.25, -0.2) is 4.98 Å². The Morgan fingerprint density at radius 1 is 1.40 bits per heavy atom. The molecule has 0 spiro atoms. The lowest BCUT2D eigenvalue weighted by molar-refractivity contribution is 0.164. The molecule has 0 aliphatic carbocycles. The molecule has 2 rings (SSSR count). The van der Waals surface area contributed by atoms with E-state index in [9.17, 15) is 0 Å². The smallest absolute Gasteiger partial charge is 0.109 e. The molecule has 114 valence electrons. The van der Waals surface area contributed by atoms with E-state index in [-0.39, 0.29) is 0 Å². The monoisotopic (exact) mass is 278 g/mol. The summed E-state index contributed by atoms with van der Waals surface area (Å²) in [7, 11) is 2.08. The third-order valence-corrected chi connectivity index (χ3v) is 4.58.